The first-order chi connectivity index (χ1) is 11.9. The number of benzene rings is 2. The van der Waals surface area contributed by atoms with Crippen LogP contribution in [-0.2, 0) is 4.79 Å². The zero-order valence-electron chi connectivity index (χ0n) is 15.1. The summed E-state index contributed by atoms with van der Waals surface area (Å²) in [5.74, 6) is 0.205. The average molecular weight is 357 g/mol. The second-order valence-corrected chi connectivity index (χ2v) is 7.44. The van der Waals surface area contributed by atoms with E-state index in [0.717, 1.165) is 53.5 Å². The Balaban J connectivity index is 1.62. The number of aryl methyl sites for hydroxylation is 3. The third kappa shape index (κ3) is 4.16. The Morgan fingerprint density at radius 1 is 1.08 bits per heavy atom. The molecule has 0 radical (unpaired) electrons. The Kier molecular flexibility index (Phi) is 5.33. The Bertz CT molecular complexity index is 756. The van der Waals surface area contributed by atoms with Crippen molar-refractivity contribution in [1.82, 2.24) is 0 Å². The highest BCUT2D eigenvalue weighted by molar-refractivity contribution is 6.30. The van der Waals surface area contributed by atoms with Crippen LogP contribution >= 0.6 is 11.6 Å². The fourth-order valence-electron chi connectivity index (χ4n) is 3.68. The zero-order valence-corrected chi connectivity index (χ0v) is 15.9. The van der Waals surface area contributed by atoms with Crippen molar-refractivity contribution in [2.24, 2.45) is 5.92 Å². The maximum atomic E-state index is 12.7. The van der Waals surface area contributed by atoms with E-state index >= 15 is 0 Å². The summed E-state index contributed by atoms with van der Waals surface area (Å²) >= 11 is 6.08. The molecule has 1 aliphatic rings. The average Bonchev–Trinajstić information content (AvgIpc) is 2.58. The van der Waals surface area contributed by atoms with Crippen molar-refractivity contribution in [3.05, 3.63) is 58.1 Å². The summed E-state index contributed by atoms with van der Waals surface area (Å²) in [6, 6.07) is 12.2. The second-order valence-electron chi connectivity index (χ2n) is 7.00. The van der Waals surface area contributed by atoms with E-state index in [1.807, 2.05) is 18.2 Å². The van der Waals surface area contributed by atoms with Gasteiger partial charge in [0.25, 0.3) is 0 Å². The van der Waals surface area contributed by atoms with Crippen LogP contribution in [0.4, 0.5) is 11.4 Å². The van der Waals surface area contributed by atoms with Crippen molar-refractivity contribution in [2.45, 2.75) is 33.6 Å². The lowest BCUT2D eigenvalue weighted by Gasteiger charge is -2.33. The van der Waals surface area contributed by atoms with Gasteiger partial charge in [-0.1, -0.05) is 35.4 Å². The van der Waals surface area contributed by atoms with Gasteiger partial charge in [-0.3, -0.25) is 4.79 Å². The number of carbonyl (C=O) groups excluding carboxylic acids is 1. The van der Waals surface area contributed by atoms with E-state index in [0.29, 0.717) is 0 Å². The number of hydrogen-bond donors (Lipinski definition) is 1. The smallest absolute Gasteiger partial charge is 0.227 e. The minimum absolute atomic E-state index is 0.0653. The molecule has 0 spiro atoms. The fraction of sp³-hybridized carbons (Fsp3) is 0.381. The van der Waals surface area contributed by atoms with Crippen molar-refractivity contribution >= 4 is 28.9 Å². The number of nitrogens with zero attached hydrogens (tertiary/aromatic N) is 1. The Morgan fingerprint density at radius 2 is 1.72 bits per heavy atom. The molecule has 1 amide bonds. The molecule has 2 aromatic carbocycles. The van der Waals surface area contributed by atoms with Crippen molar-refractivity contribution in [3.8, 4) is 0 Å². The van der Waals surface area contributed by atoms with Gasteiger partial charge in [-0.05, 0) is 62.9 Å². The Morgan fingerprint density at radius 3 is 2.32 bits per heavy atom. The molecular weight excluding hydrogens is 332 g/mol. The standard InChI is InChI=1S/C21H25ClN2O/c1-14-11-15(2)20(16(3)12-14)23-21(25)17-7-9-24(10-8-17)19-6-4-5-18(22)13-19/h4-6,11-13,17H,7-10H2,1-3H3,(H,23,25). The maximum Gasteiger partial charge on any atom is 0.227 e. The van der Waals surface area contributed by atoms with E-state index in [9.17, 15) is 4.79 Å². The van der Waals surface area contributed by atoms with Crippen LogP contribution in [0.3, 0.4) is 0 Å². The monoisotopic (exact) mass is 356 g/mol. The Labute approximate surface area is 155 Å². The first kappa shape index (κ1) is 17.8. The molecule has 3 nitrogen and oxygen atoms in total. The normalized spacial score (nSPS) is 15.3. The molecule has 4 heteroatoms. The van der Waals surface area contributed by atoms with Crippen LogP contribution in [0.25, 0.3) is 0 Å². The largest absolute Gasteiger partial charge is 0.371 e. The number of nitrogens with one attached hydrogen (secondary N) is 1. The third-order valence-electron chi connectivity index (χ3n) is 4.96. The number of anilines is 2. The molecule has 132 valence electrons. The molecule has 1 fully saturated rings. The number of halogens is 1. The number of piperidine rings is 1. The molecule has 1 aliphatic heterocycles. The zero-order chi connectivity index (χ0) is 18.0. The van der Waals surface area contributed by atoms with Gasteiger partial charge >= 0.3 is 0 Å². The topological polar surface area (TPSA) is 32.3 Å². The molecule has 0 atom stereocenters. The molecule has 1 saturated heterocycles. The summed E-state index contributed by atoms with van der Waals surface area (Å²) in [6.07, 6.45) is 1.73. The summed E-state index contributed by atoms with van der Waals surface area (Å²) in [7, 11) is 0. The molecule has 25 heavy (non-hydrogen) atoms. The molecule has 3 rings (SSSR count). The van der Waals surface area contributed by atoms with Crippen LogP contribution in [0, 0.1) is 26.7 Å². The van der Waals surface area contributed by atoms with E-state index in [1.54, 1.807) is 0 Å². The van der Waals surface area contributed by atoms with Gasteiger partial charge in [0.15, 0.2) is 0 Å². The number of amides is 1. The first-order valence-corrected chi connectivity index (χ1v) is 9.21. The van der Waals surface area contributed by atoms with Gasteiger partial charge in [0, 0.05) is 35.4 Å². The third-order valence-corrected chi connectivity index (χ3v) is 5.20. The predicted octanol–water partition coefficient (Wildman–Crippen LogP) is 5.12. The summed E-state index contributed by atoms with van der Waals surface area (Å²) in [5.41, 5.74) is 5.58. The molecule has 2 aromatic rings. The van der Waals surface area contributed by atoms with Gasteiger partial charge in [0.1, 0.15) is 0 Å². The summed E-state index contributed by atoms with van der Waals surface area (Å²) in [6.45, 7) is 7.94. The Hall–Kier alpha value is -2.00. The van der Waals surface area contributed by atoms with Crippen molar-refractivity contribution < 1.29 is 4.79 Å². The second kappa shape index (κ2) is 7.49. The lowest BCUT2D eigenvalue weighted by atomic mass is 9.95. The molecule has 1 heterocycles. The van der Waals surface area contributed by atoms with E-state index < -0.39 is 0 Å². The number of hydrogen-bond acceptors (Lipinski definition) is 2. The first-order valence-electron chi connectivity index (χ1n) is 8.83. The highest BCUT2D eigenvalue weighted by Crippen LogP contribution is 2.28. The highest BCUT2D eigenvalue weighted by Gasteiger charge is 2.25. The molecule has 0 saturated carbocycles. The van der Waals surface area contributed by atoms with E-state index in [4.69, 9.17) is 11.6 Å². The minimum atomic E-state index is 0.0653. The van der Waals surface area contributed by atoms with Gasteiger partial charge < -0.3 is 10.2 Å². The highest BCUT2D eigenvalue weighted by atomic mass is 35.5. The minimum Gasteiger partial charge on any atom is -0.371 e. The molecule has 0 aromatic heterocycles. The van der Waals surface area contributed by atoms with Crippen LogP contribution < -0.4 is 10.2 Å². The maximum absolute atomic E-state index is 12.7. The van der Waals surface area contributed by atoms with Crippen LogP contribution in [0.2, 0.25) is 5.02 Å². The van der Waals surface area contributed by atoms with Gasteiger partial charge in [0.05, 0.1) is 0 Å². The van der Waals surface area contributed by atoms with E-state index in [1.165, 1.54) is 5.56 Å². The van der Waals surface area contributed by atoms with E-state index in [2.05, 4.69) is 49.2 Å². The number of rotatable bonds is 3. The number of carbonyl (C=O) groups is 1. The van der Waals surface area contributed by atoms with Gasteiger partial charge in [-0.25, -0.2) is 0 Å². The fourth-order valence-corrected chi connectivity index (χ4v) is 3.86. The molecule has 0 unspecified atom stereocenters. The molecule has 0 aliphatic carbocycles. The van der Waals surface area contributed by atoms with Crippen molar-refractivity contribution in [3.63, 3.8) is 0 Å². The van der Waals surface area contributed by atoms with E-state index in [-0.39, 0.29) is 11.8 Å². The predicted molar refractivity (Wildman–Crippen MR) is 106 cm³/mol. The summed E-state index contributed by atoms with van der Waals surface area (Å²) in [4.78, 5) is 15.0. The van der Waals surface area contributed by atoms with Crippen LogP contribution in [0.5, 0.6) is 0 Å². The van der Waals surface area contributed by atoms with Crippen molar-refractivity contribution in [2.75, 3.05) is 23.3 Å². The lowest BCUT2D eigenvalue weighted by Crippen LogP contribution is -2.38. The van der Waals surface area contributed by atoms with Gasteiger partial charge in [-0.15, -0.1) is 0 Å². The van der Waals surface area contributed by atoms with Gasteiger partial charge in [-0.2, -0.15) is 0 Å². The summed E-state index contributed by atoms with van der Waals surface area (Å²) < 4.78 is 0. The molecule has 1 N–H and O–H groups in total. The quantitative estimate of drug-likeness (QED) is 0.827. The molecule has 0 bridgehead atoms. The lowest BCUT2D eigenvalue weighted by molar-refractivity contribution is -0.120. The summed E-state index contributed by atoms with van der Waals surface area (Å²) in [5, 5.41) is 3.91. The van der Waals surface area contributed by atoms with Crippen LogP contribution in [0.15, 0.2) is 36.4 Å². The van der Waals surface area contributed by atoms with Gasteiger partial charge in [0.2, 0.25) is 5.91 Å². The van der Waals surface area contributed by atoms with Crippen molar-refractivity contribution in [1.29, 1.82) is 0 Å². The van der Waals surface area contributed by atoms with Crippen LogP contribution in [0.1, 0.15) is 29.5 Å². The molecular formula is C21H25ClN2O. The SMILES string of the molecule is Cc1cc(C)c(NC(=O)C2CCN(c3cccc(Cl)c3)CC2)c(C)c1. The van der Waals surface area contributed by atoms with Crippen LogP contribution in [-0.4, -0.2) is 19.0 Å².